The van der Waals surface area contributed by atoms with E-state index in [1.165, 1.54) is 4.80 Å². The molecular weight excluding hydrogens is 198 g/mol. The number of aryl methyl sites for hydroxylation is 1. The summed E-state index contributed by atoms with van der Waals surface area (Å²) in [5.74, 6) is 0.638. The molecular formula is C8H15N5O2. The van der Waals surface area contributed by atoms with Gasteiger partial charge in [0.15, 0.2) is 5.82 Å². The van der Waals surface area contributed by atoms with Crippen molar-refractivity contribution < 1.29 is 9.47 Å². The molecule has 0 aromatic carbocycles. The second-order valence-corrected chi connectivity index (χ2v) is 3.55. The van der Waals surface area contributed by atoms with E-state index in [1.807, 2.05) is 0 Å². The Balaban J connectivity index is 1.88. The molecule has 2 atom stereocenters. The molecule has 2 N–H and O–H groups in total. The van der Waals surface area contributed by atoms with Crippen molar-refractivity contribution in [2.75, 3.05) is 19.8 Å². The second-order valence-electron chi connectivity index (χ2n) is 3.55. The molecule has 7 heteroatoms. The average molecular weight is 213 g/mol. The number of nitrogens with two attached hydrogens (primary N) is 1. The summed E-state index contributed by atoms with van der Waals surface area (Å²) in [4.78, 5) is 1.42. The molecule has 0 amide bonds. The van der Waals surface area contributed by atoms with Crippen LogP contribution < -0.4 is 5.73 Å². The first-order chi connectivity index (χ1) is 7.25. The number of hydrogen-bond acceptors (Lipinski definition) is 6. The maximum atomic E-state index is 5.97. The molecule has 0 spiro atoms. The van der Waals surface area contributed by atoms with Crippen molar-refractivity contribution in [1.82, 2.24) is 20.2 Å². The molecule has 0 saturated carbocycles. The summed E-state index contributed by atoms with van der Waals surface area (Å²) >= 11 is 0. The van der Waals surface area contributed by atoms with E-state index in [1.54, 1.807) is 7.05 Å². The summed E-state index contributed by atoms with van der Waals surface area (Å²) in [6, 6.07) is -0.144. The van der Waals surface area contributed by atoms with Crippen molar-refractivity contribution >= 4 is 0 Å². The summed E-state index contributed by atoms with van der Waals surface area (Å²) in [6.45, 7) is 1.79. The first-order valence-corrected chi connectivity index (χ1v) is 4.93. The highest BCUT2D eigenvalue weighted by Crippen LogP contribution is 2.07. The van der Waals surface area contributed by atoms with Crippen LogP contribution in [0, 0.1) is 0 Å². The lowest BCUT2D eigenvalue weighted by Gasteiger charge is -2.27. The van der Waals surface area contributed by atoms with Crippen LogP contribution in [0.1, 0.15) is 5.82 Å². The Morgan fingerprint density at radius 1 is 1.60 bits per heavy atom. The van der Waals surface area contributed by atoms with E-state index in [-0.39, 0.29) is 12.1 Å². The Bertz CT molecular complexity index is 310. The summed E-state index contributed by atoms with van der Waals surface area (Å²) in [5, 5.41) is 11.7. The van der Waals surface area contributed by atoms with Gasteiger partial charge in [0.2, 0.25) is 0 Å². The van der Waals surface area contributed by atoms with Crippen molar-refractivity contribution in [3.8, 4) is 0 Å². The van der Waals surface area contributed by atoms with Crippen LogP contribution in [0.25, 0.3) is 0 Å². The van der Waals surface area contributed by atoms with Crippen molar-refractivity contribution in [1.29, 1.82) is 0 Å². The SMILES string of the molecule is Cn1nnc(CC(N)C2COCCO2)n1. The smallest absolute Gasteiger partial charge is 0.176 e. The van der Waals surface area contributed by atoms with Crippen LogP contribution in [0.3, 0.4) is 0 Å². The molecule has 2 heterocycles. The van der Waals surface area contributed by atoms with Gasteiger partial charge >= 0.3 is 0 Å². The van der Waals surface area contributed by atoms with E-state index in [0.717, 1.165) is 0 Å². The van der Waals surface area contributed by atoms with E-state index in [0.29, 0.717) is 32.1 Å². The predicted molar refractivity (Wildman–Crippen MR) is 51.0 cm³/mol. The minimum absolute atomic E-state index is 0.0671. The van der Waals surface area contributed by atoms with Gasteiger partial charge in [0.25, 0.3) is 0 Å². The molecule has 0 bridgehead atoms. The maximum Gasteiger partial charge on any atom is 0.176 e. The number of hydrogen-bond donors (Lipinski definition) is 1. The van der Waals surface area contributed by atoms with Crippen LogP contribution in [0.4, 0.5) is 0 Å². The number of aromatic nitrogens is 4. The topological polar surface area (TPSA) is 88.1 Å². The summed E-state index contributed by atoms with van der Waals surface area (Å²) in [7, 11) is 1.72. The molecule has 7 nitrogen and oxygen atoms in total. The highest BCUT2D eigenvalue weighted by atomic mass is 16.6. The molecule has 1 aromatic heterocycles. The highest BCUT2D eigenvalue weighted by molar-refractivity contribution is 4.87. The van der Waals surface area contributed by atoms with Crippen LogP contribution >= 0.6 is 0 Å². The largest absolute Gasteiger partial charge is 0.376 e. The number of rotatable bonds is 3. The van der Waals surface area contributed by atoms with Gasteiger partial charge in [-0.3, -0.25) is 0 Å². The molecule has 1 aromatic rings. The lowest BCUT2D eigenvalue weighted by atomic mass is 10.1. The highest BCUT2D eigenvalue weighted by Gasteiger charge is 2.23. The third kappa shape index (κ3) is 2.71. The Morgan fingerprint density at radius 2 is 2.47 bits per heavy atom. The molecule has 0 radical (unpaired) electrons. The zero-order valence-corrected chi connectivity index (χ0v) is 8.67. The fourth-order valence-corrected chi connectivity index (χ4v) is 1.50. The van der Waals surface area contributed by atoms with E-state index in [9.17, 15) is 0 Å². The minimum atomic E-state index is -0.144. The van der Waals surface area contributed by atoms with Gasteiger partial charge < -0.3 is 15.2 Å². The number of tetrazole rings is 1. The molecule has 1 aliphatic rings. The summed E-state index contributed by atoms with van der Waals surface area (Å²) in [6.07, 6.45) is 0.490. The van der Waals surface area contributed by atoms with Gasteiger partial charge in [-0.05, 0) is 5.21 Å². The van der Waals surface area contributed by atoms with Crippen molar-refractivity contribution in [3.05, 3.63) is 5.82 Å². The van der Waals surface area contributed by atoms with Crippen LogP contribution in [-0.2, 0) is 22.9 Å². The van der Waals surface area contributed by atoms with Crippen molar-refractivity contribution in [3.63, 3.8) is 0 Å². The Kier molecular flexibility index (Phi) is 3.24. The van der Waals surface area contributed by atoms with Gasteiger partial charge in [0.05, 0.1) is 33.0 Å². The van der Waals surface area contributed by atoms with Gasteiger partial charge in [-0.25, -0.2) is 0 Å². The Morgan fingerprint density at radius 3 is 3.07 bits per heavy atom. The molecule has 15 heavy (non-hydrogen) atoms. The third-order valence-electron chi connectivity index (χ3n) is 2.29. The quantitative estimate of drug-likeness (QED) is 0.657. The Hall–Kier alpha value is -1.05. The van der Waals surface area contributed by atoms with E-state index < -0.39 is 0 Å². The lowest BCUT2D eigenvalue weighted by Crippen LogP contribution is -2.45. The Labute approximate surface area is 87.5 Å². The minimum Gasteiger partial charge on any atom is -0.376 e. The summed E-state index contributed by atoms with van der Waals surface area (Å²) in [5.41, 5.74) is 5.97. The van der Waals surface area contributed by atoms with E-state index >= 15 is 0 Å². The molecule has 0 aliphatic carbocycles. The fraction of sp³-hybridized carbons (Fsp3) is 0.875. The molecule has 84 valence electrons. The molecule has 1 saturated heterocycles. The first-order valence-electron chi connectivity index (χ1n) is 4.93. The molecule has 1 fully saturated rings. The monoisotopic (exact) mass is 213 g/mol. The van der Waals surface area contributed by atoms with Crippen molar-refractivity contribution in [2.24, 2.45) is 12.8 Å². The second kappa shape index (κ2) is 4.65. The van der Waals surface area contributed by atoms with Gasteiger partial charge in [-0.15, -0.1) is 10.2 Å². The lowest BCUT2D eigenvalue weighted by molar-refractivity contribution is -0.0969. The van der Waals surface area contributed by atoms with Crippen LogP contribution in [0.5, 0.6) is 0 Å². The van der Waals surface area contributed by atoms with Gasteiger partial charge in [-0.2, -0.15) is 4.80 Å². The normalized spacial score (nSPS) is 24.0. The van der Waals surface area contributed by atoms with Crippen LogP contribution in [-0.4, -0.2) is 52.2 Å². The van der Waals surface area contributed by atoms with E-state index in [4.69, 9.17) is 15.2 Å². The standard InChI is InChI=1S/C8H15N5O2/c1-13-11-8(10-12-13)4-6(9)7-5-14-2-3-15-7/h6-7H,2-5,9H2,1H3. The molecule has 1 aliphatic heterocycles. The first kappa shape index (κ1) is 10.5. The van der Waals surface area contributed by atoms with Crippen LogP contribution in [0.15, 0.2) is 0 Å². The van der Waals surface area contributed by atoms with E-state index in [2.05, 4.69) is 15.4 Å². The van der Waals surface area contributed by atoms with Gasteiger partial charge in [0.1, 0.15) is 0 Å². The maximum absolute atomic E-state index is 5.97. The van der Waals surface area contributed by atoms with Crippen molar-refractivity contribution in [2.45, 2.75) is 18.6 Å². The number of ether oxygens (including phenoxy) is 2. The zero-order valence-electron chi connectivity index (χ0n) is 8.67. The van der Waals surface area contributed by atoms with Gasteiger partial charge in [-0.1, -0.05) is 0 Å². The predicted octanol–water partition coefficient (Wildman–Crippen LogP) is -1.50. The van der Waals surface area contributed by atoms with Crippen LogP contribution in [0.2, 0.25) is 0 Å². The number of nitrogens with zero attached hydrogens (tertiary/aromatic N) is 4. The van der Waals surface area contributed by atoms with Gasteiger partial charge in [0, 0.05) is 12.5 Å². The summed E-state index contributed by atoms with van der Waals surface area (Å²) < 4.78 is 10.8. The zero-order chi connectivity index (χ0) is 10.7. The average Bonchev–Trinajstić information content (AvgIpc) is 2.65. The fourth-order valence-electron chi connectivity index (χ4n) is 1.50. The third-order valence-corrected chi connectivity index (χ3v) is 2.29. The molecule has 2 unspecified atom stereocenters. The molecule has 2 rings (SSSR count).